The van der Waals surface area contributed by atoms with Crippen molar-refractivity contribution in [3.8, 4) is 0 Å². The van der Waals surface area contributed by atoms with Gasteiger partial charge in [-0.3, -0.25) is 9.59 Å². The Morgan fingerprint density at radius 3 is 2.37 bits per heavy atom. The molecule has 19 heavy (non-hydrogen) atoms. The Kier molecular flexibility index (Phi) is 4.55. The van der Waals surface area contributed by atoms with Crippen molar-refractivity contribution in [1.29, 1.82) is 0 Å². The predicted octanol–water partition coefficient (Wildman–Crippen LogP) is 2.69. The van der Waals surface area contributed by atoms with Crippen molar-refractivity contribution >= 4 is 17.5 Å². The number of nitrogens with two attached hydrogens (primary N) is 1. The standard InChI is InChI=1S/C15H20N2O2/c16-15(19)12-6-8-13(9-7-12)17-14(18)10-5-11-3-1-2-4-11/h6-9,11H,1-5,10H2,(H2,16,19)(H,17,18). The van der Waals surface area contributed by atoms with Crippen LogP contribution in [0.25, 0.3) is 0 Å². The molecule has 1 aliphatic carbocycles. The fraction of sp³-hybridized carbons (Fsp3) is 0.467. The zero-order valence-electron chi connectivity index (χ0n) is 11.0. The largest absolute Gasteiger partial charge is 0.366 e. The fourth-order valence-corrected chi connectivity index (χ4v) is 2.58. The molecule has 0 unspecified atom stereocenters. The molecule has 102 valence electrons. The van der Waals surface area contributed by atoms with Gasteiger partial charge in [-0.05, 0) is 36.6 Å². The number of carbonyl (C=O) groups excluding carboxylic acids is 2. The third-order valence-electron chi connectivity index (χ3n) is 3.71. The van der Waals surface area contributed by atoms with Crippen molar-refractivity contribution in [3.05, 3.63) is 29.8 Å². The molecule has 1 aromatic rings. The first-order chi connectivity index (χ1) is 9.15. The summed E-state index contributed by atoms with van der Waals surface area (Å²) in [4.78, 5) is 22.7. The molecule has 1 aromatic carbocycles. The van der Waals surface area contributed by atoms with Crippen LogP contribution in [0.2, 0.25) is 0 Å². The van der Waals surface area contributed by atoms with E-state index >= 15 is 0 Å². The molecule has 0 saturated heterocycles. The molecule has 2 rings (SSSR count). The van der Waals surface area contributed by atoms with E-state index in [1.807, 2.05) is 0 Å². The minimum atomic E-state index is -0.459. The summed E-state index contributed by atoms with van der Waals surface area (Å²) >= 11 is 0. The maximum Gasteiger partial charge on any atom is 0.248 e. The van der Waals surface area contributed by atoms with Gasteiger partial charge < -0.3 is 11.1 Å². The van der Waals surface area contributed by atoms with E-state index < -0.39 is 5.91 Å². The summed E-state index contributed by atoms with van der Waals surface area (Å²) in [5.41, 5.74) is 6.31. The quantitative estimate of drug-likeness (QED) is 0.854. The number of nitrogens with one attached hydrogen (secondary N) is 1. The molecule has 4 heteroatoms. The lowest BCUT2D eigenvalue weighted by atomic mass is 10.0. The van der Waals surface area contributed by atoms with Crippen molar-refractivity contribution in [2.75, 3.05) is 5.32 Å². The van der Waals surface area contributed by atoms with E-state index in [4.69, 9.17) is 5.73 Å². The number of anilines is 1. The van der Waals surface area contributed by atoms with Gasteiger partial charge in [0.2, 0.25) is 11.8 Å². The van der Waals surface area contributed by atoms with Crippen LogP contribution in [0.4, 0.5) is 5.69 Å². The monoisotopic (exact) mass is 260 g/mol. The van der Waals surface area contributed by atoms with Gasteiger partial charge in [0, 0.05) is 17.7 Å². The first-order valence-corrected chi connectivity index (χ1v) is 6.85. The SMILES string of the molecule is NC(=O)c1ccc(NC(=O)CCC2CCCC2)cc1. The minimum Gasteiger partial charge on any atom is -0.366 e. The Labute approximate surface area is 113 Å². The van der Waals surface area contributed by atoms with Gasteiger partial charge in [0.1, 0.15) is 0 Å². The van der Waals surface area contributed by atoms with Crippen molar-refractivity contribution in [3.63, 3.8) is 0 Å². The summed E-state index contributed by atoms with van der Waals surface area (Å²) in [6.07, 6.45) is 6.69. The van der Waals surface area contributed by atoms with Gasteiger partial charge in [-0.15, -0.1) is 0 Å². The van der Waals surface area contributed by atoms with E-state index in [1.54, 1.807) is 24.3 Å². The minimum absolute atomic E-state index is 0.0405. The van der Waals surface area contributed by atoms with E-state index in [1.165, 1.54) is 25.7 Å². The van der Waals surface area contributed by atoms with Crippen LogP contribution >= 0.6 is 0 Å². The lowest BCUT2D eigenvalue weighted by Crippen LogP contribution is -2.14. The normalized spacial score (nSPS) is 15.4. The highest BCUT2D eigenvalue weighted by atomic mass is 16.1. The molecule has 1 fully saturated rings. The molecule has 0 bridgehead atoms. The second-order valence-corrected chi connectivity index (χ2v) is 5.18. The van der Waals surface area contributed by atoms with Gasteiger partial charge in [-0.25, -0.2) is 0 Å². The Hall–Kier alpha value is -1.84. The molecule has 4 nitrogen and oxygen atoms in total. The van der Waals surface area contributed by atoms with Crippen LogP contribution in [-0.2, 0) is 4.79 Å². The van der Waals surface area contributed by atoms with Gasteiger partial charge >= 0.3 is 0 Å². The highest BCUT2D eigenvalue weighted by Crippen LogP contribution is 2.28. The molecule has 1 aliphatic rings. The molecule has 0 heterocycles. The first-order valence-electron chi connectivity index (χ1n) is 6.85. The van der Waals surface area contributed by atoms with Crippen LogP contribution in [0.3, 0.4) is 0 Å². The molecular formula is C15H20N2O2. The molecule has 0 aliphatic heterocycles. The molecule has 0 aromatic heterocycles. The fourth-order valence-electron chi connectivity index (χ4n) is 2.58. The average molecular weight is 260 g/mol. The third-order valence-corrected chi connectivity index (χ3v) is 3.71. The van der Waals surface area contributed by atoms with Crippen molar-refractivity contribution in [1.82, 2.24) is 0 Å². The number of hydrogen-bond acceptors (Lipinski definition) is 2. The van der Waals surface area contributed by atoms with Crippen molar-refractivity contribution in [2.45, 2.75) is 38.5 Å². The van der Waals surface area contributed by atoms with Crippen LogP contribution < -0.4 is 11.1 Å². The number of hydrogen-bond donors (Lipinski definition) is 2. The Bertz CT molecular complexity index is 448. The van der Waals surface area contributed by atoms with Crippen LogP contribution in [0.15, 0.2) is 24.3 Å². The highest BCUT2D eigenvalue weighted by molar-refractivity contribution is 5.94. The summed E-state index contributed by atoms with van der Waals surface area (Å²) in [6, 6.07) is 6.64. The van der Waals surface area contributed by atoms with Crippen LogP contribution in [0, 0.1) is 5.92 Å². The number of benzene rings is 1. The Balaban J connectivity index is 1.79. The molecule has 3 N–H and O–H groups in total. The van der Waals surface area contributed by atoms with Crippen molar-refractivity contribution < 1.29 is 9.59 Å². The number of rotatable bonds is 5. The topological polar surface area (TPSA) is 72.2 Å². The van der Waals surface area contributed by atoms with Gasteiger partial charge in [0.05, 0.1) is 0 Å². The molecule has 0 spiro atoms. The molecule has 1 saturated carbocycles. The lowest BCUT2D eigenvalue weighted by molar-refractivity contribution is -0.116. The zero-order chi connectivity index (χ0) is 13.7. The highest BCUT2D eigenvalue weighted by Gasteiger charge is 2.16. The van der Waals surface area contributed by atoms with E-state index in [0.29, 0.717) is 17.7 Å². The molecule has 0 radical (unpaired) electrons. The maximum absolute atomic E-state index is 11.8. The smallest absolute Gasteiger partial charge is 0.248 e. The van der Waals surface area contributed by atoms with Crippen LogP contribution in [0.5, 0.6) is 0 Å². The number of carbonyl (C=O) groups is 2. The van der Waals surface area contributed by atoms with Crippen LogP contribution in [0.1, 0.15) is 48.9 Å². The summed E-state index contributed by atoms with van der Waals surface area (Å²) in [6.45, 7) is 0. The molecule has 0 atom stereocenters. The second kappa shape index (κ2) is 6.36. The predicted molar refractivity (Wildman–Crippen MR) is 74.8 cm³/mol. The number of primary amides is 1. The van der Waals surface area contributed by atoms with E-state index in [9.17, 15) is 9.59 Å². The van der Waals surface area contributed by atoms with Gasteiger partial charge in [-0.1, -0.05) is 25.7 Å². The third kappa shape index (κ3) is 4.09. The van der Waals surface area contributed by atoms with Gasteiger partial charge in [0.25, 0.3) is 0 Å². The van der Waals surface area contributed by atoms with Crippen LogP contribution in [-0.4, -0.2) is 11.8 Å². The zero-order valence-corrected chi connectivity index (χ0v) is 11.0. The number of amides is 2. The summed E-state index contributed by atoms with van der Waals surface area (Å²) in [7, 11) is 0. The van der Waals surface area contributed by atoms with Crippen molar-refractivity contribution in [2.24, 2.45) is 11.7 Å². The van der Waals surface area contributed by atoms with E-state index in [2.05, 4.69) is 5.32 Å². The second-order valence-electron chi connectivity index (χ2n) is 5.18. The maximum atomic E-state index is 11.8. The summed E-state index contributed by atoms with van der Waals surface area (Å²) < 4.78 is 0. The molecule has 2 amide bonds. The Morgan fingerprint density at radius 2 is 1.79 bits per heavy atom. The first kappa shape index (κ1) is 13.6. The van der Waals surface area contributed by atoms with Gasteiger partial charge in [0.15, 0.2) is 0 Å². The van der Waals surface area contributed by atoms with E-state index in [0.717, 1.165) is 12.3 Å². The Morgan fingerprint density at radius 1 is 1.16 bits per heavy atom. The summed E-state index contributed by atoms with van der Waals surface area (Å²) in [5, 5.41) is 2.84. The average Bonchev–Trinajstić information content (AvgIpc) is 2.90. The van der Waals surface area contributed by atoms with E-state index in [-0.39, 0.29) is 5.91 Å². The lowest BCUT2D eigenvalue weighted by Gasteiger charge is -2.09. The van der Waals surface area contributed by atoms with Gasteiger partial charge in [-0.2, -0.15) is 0 Å². The molecular weight excluding hydrogens is 240 g/mol. The summed E-state index contributed by atoms with van der Waals surface area (Å²) in [5.74, 6) is 0.306.